The Morgan fingerprint density at radius 2 is 1.71 bits per heavy atom. The van der Waals surface area contributed by atoms with Crippen molar-refractivity contribution in [2.75, 3.05) is 58.3 Å². The molecule has 1 aliphatic rings. The summed E-state index contributed by atoms with van der Waals surface area (Å²) in [5.41, 5.74) is 4.68. The molecule has 0 aliphatic carbocycles. The molecule has 0 radical (unpaired) electrons. The Hall–Kier alpha value is -1.98. The number of anilines is 1. The molecule has 28 heavy (non-hydrogen) atoms. The van der Waals surface area contributed by atoms with E-state index >= 15 is 0 Å². The zero-order chi connectivity index (χ0) is 20.1. The van der Waals surface area contributed by atoms with Crippen molar-refractivity contribution >= 4 is 5.82 Å². The van der Waals surface area contributed by atoms with Crippen LogP contribution in [-0.2, 0) is 0 Å². The first-order valence-electron chi connectivity index (χ1n) is 10.5. The molecule has 1 unspecified atom stereocenters. The molecule has 1 aliphatic heterocycles. The van der Waals surface area contributed by atoms with Crippen LogP contribution in [0.4, 0.5) is 5.82 Å². The molecule has 2 aromatic rings. The number of hydrogen-bond acceptors (Lipinski definition) is 5. The number of hydrogen-bond donors (Lipinski definition) is 0. The van der Waals surface area contributed by atoms with Crippen LogP contribution in [0.25, 0.3) is 11.3 Å². The lowest BCUT2D eigenvalue weighted by Gasteiger charge is -2.37. The van der Waals surface area contributed by atoms with E-state index in [0.717, 1.165) is 49.2 Å². The normalized spacial score (nSPS) is 16.6. The third kappa shape index (κ3) is 5.30. The van der Waals surface area contributed by atoms with Crippen LogP contribution in [0.15, 0.2) is 30.3 Å². The van der Waals surface area contributed by atoms with Gasteiger partial charge in [0.15, 0.2) is 5.82 Å². The van der Waals surface area contributed by atoms with Crippen LogP contribution in [0.1, 0.15) is 24.5 Å². The summed E-state index contributed by atoms with van der Waals surface area (Å²) in [4.78, 5) is 7.27. The second kappa shape index (κ2) is 9.48. The van der Waals surface area contributed by atoms with Gasteiger partial charge in [0, 0.05) is 44.8 Å². The SMILES string of the molecule is CCC(CN(C)C)CN1CCN(c2ccc(-c3ccc(C)c(C)c3)nn2)CC1. The second-order valence-electron chi connectivity index (χ2n) is 8.40. The van der Waals surface area contributed by atoms with Crippen molar-refractivity contribution in [3.8, 4) is 11.3 Å². The summed E-state index contributed by atoms with van der Waals surface area (Å²) in [7, 11) is 4.34. The summed E-state index contributed by atoms with van der Waals surface area (Å²) in [5.74, 6) is 1.74. The minimum atomic E-state index is 0.749. The van der Waals surface area contributed by atoms with E-state index in [9.17, 15) is 0 Å². The first-order valence-corrected chi connectivity index (χ1v) is 10.5. The minimum absolute atomic E-state index is 0.749. The number of rotatable bonds is 7. The van der Waals surface area contributed by atoms with Crippen LogP contribution in [0.5, 0.6) is 0 Å². The van der Waals surface area contributed by atoms with Crippen LogP contribution < -0.4 is 4.90 Å². The van der Waals surface area contributed by atoms with Gasteiger partial charge >= 0.3 is 0 Å². The molecule has 152 valence electrons. The molecule has 1 aromatic heterocycles. The first-order chi connectivity index (χ1) is 13.5. The molecular weight excluding hydrogens is 346 g/mol. The number of piperazine rings is 1. The summed E-state index contributed by atoms with van der Waals surface area (Å²) >= 11 is 0. The Bertz CT molecular complexity index is 748. The molecule has 0 saturated carbocycles. The van der Waals surface area contributed by atoms with Gasteiger partial charge in [-0.05, 0) is 63.2 Å². The van der Waals surface area contributed by atoms with Gasteiger partial charge in [-0.1, -0.05) is 25.5 Å². The summed E-state index contributed by atoms with van der Waals surface area (Å²) in [6.07, 6.45) is 1.24. The van der Waals surface area contributed by atoms with Crippen LogP contribution >= 0.6 is 0 Å². The molecule has 2 heterocycles. The van der Waals surface area contributed by atoms with Crippen molar-refractivity contribution in [1.82, 2.24) is 20.0 Å². The maximum Gasteiger partial charge on any atom is 0.151 e. The minimum Gasteiger partial charge on any atom is -0.353 e. The molecule has 0 spiro atoms. The zero-order valence-electron chi connectivity index (χ0n) is 18.1. The fraction of sp³-hybridized carbons (Fsp3) is 0.565. The van der Waals surface area contributed by atoms with Crippen LogP contribution in [-0.4, -0.2) is 73.4 Å². The Kier molecular flexibility index (Phi) is 7.03. The fourth-order valence-electron chi connectivity index (χ4n) is 3.91. The maximum atomic E-state index is 4.52. The monoisotopic (exact) mass is 381 g/mol. The number of aromatic nitrogens is 2. The molecular formula is C23H35N5. The van der Waals surface area contributed by atoms with Gasteiger partial charge in [0.1, 0.15) is 0 Å². The lowest BCUT2D eigenvalue weighted by atomic mass is 10.0. The Labute approximate surface area is 170 Å². The second-order valence-corrected chi connectivity index (χ2v) is 8.40. The zero-order valence-corrected chi connectivity index (χ0v) is 18.1. The van der Waals surface area contributed by atoms with Crippen molar-refractivity contribution in [3.63, 3.8) is 0 Å². The molecule has 5 heteroatoms. The van der Waals surface area contributed by atoms with Crippen molar-refractivity contribution in [3.05, 3.63) is 41.5 Å². The van der Waals surface area contributed by atoms with E-state index in [1.807, 2.05) is 0 Å². The standard InChI is InChI=1S/C23H35N5/c1-6-20(16-26(4)5)17-27-11-13-28(14-12-27)23-10-9-22(24-25-23)21-8-7-18(2)19(3)15-21/h7-10,15,20H,6,11-14,16-17H2,1-5H3. The molecule has 0 N–H and O–H groups in total. The van der Waals surface area contributed by atoms with Gasteiger partial charge in [-0.2, -0.15) is 0 Å². The highest BCUT2D eigenvalue weighted by Crippen LogP contribution is 2.22. The summed E-state index contributed by atoms with van der Waals surface area (Å²) < 4.78 is 0. The fourth-order valence-corrected chi connectivity index (χ4v) is 3.91. The van der Waals surface area contributed by atoms with Crippen molar-refractivity contribution in [2.24, 2.45) is 5.92 Å². The van der Waals surface area contributed by atoms with Gasteiger partial charge in [0.2, 0.25) is 0 Å². The average Bonchev–Trinajstić information content (AvgIpc) is 2.70. The van der Waals surface area contributed by atoms with E-state index < -0.39 is 0 Å². The lowest BCUT2D eigenvalue weighted by Crippen LogP contribution is -2.48. The highest BCUT2D eigenvalue weighted by Gasteiger charge is 2.21. The number of benzene rings is 1. The molecule has 1 saturated heterocycles. The lowest BCUT2D eigenvalue weighted by molar-refractivity contribution is 0.190. The van der Waals surface area contributed by atoms with Gasteiger partial charge in [-0.25, -0.2) is 0 Å². The quantitative estimate of drug-likeness (QED) is 0.734. The largest absolute Gasteiger partial charge is 0.353 e. The topological polar surface area (TPSA) is 35.5 Å². The predicted octanol–water partition coefficient (Wildman–Crippen LogP) is 3.47. The Morgan fingerprint density at radius 3 is 2.29 bits per heavy atom. The van der Waals surface area contributed by atoms with Gasteiger partial charge in [-0.3, -0.25) is 4.90 Å². The number of nitrogens with zero attached hydrogens (tertiary/aromatic N) is 5. The Morgan fingerprint density at radius 1 is 0.964 bits per heavy atom. The van der Waals surface area contributed by atoms with Crippen molar-refractivity contribution in [2.45, 2.75) is 27.2 Å². The molecule has 1 fully saturated rings. The molecule has 5 nitrogen and oxygen atoms in total. The molecule has 0 amide bonds. The third-order valence-electron chi connectivity index (χ3n) is 5.87. The van der Waals surface area contributed by atoms with Crippen LogP contribution in [0.3, 0.4) is 0 Å². The van der Waals surface area contributed by atoms with E-state index in [-0.39, 0.29) is 0 Å². The number of aryl methyl sites for hydroxylation is 2. The van der Waals surface area contributed by atoms with Crippen molar-refractivity contribution < 1.29 is 0 Å². The highest BCUT2D eigenvalue weighted by atomic mass is 15.3. The van der Waals surface area contributed by atoms with Gasteiger partial charge in [-0.15, -0.1) is 10.2 Å². The van der Waals surface area contributed by atoms with Crippen molar-refractivity contribution in [1.29, 1.82) is 0 Å². The molecule has 1 atom stereocenters. The molecule has 0 bridgehead atoms. The summed E-state index contributed by atoms with van der Waals surface area (Å²) in [6.45, 7) is 13.2. The summed E-state index contributed by atoms with van der Waals surface area (Å²) in [5, 5.41) is 9.02. The van der Waals surface area contributed by atoms with Crippen LogP contribution in [0, 0.1) is 19.8 Å². The van der Waals surface area contributed by atoms with Gasteiger partial charge < -0.3 is 9.80 Å². The molecule has 3 rings (SSSR count). The van der Waals surface area contributed by atoms with E-state index in [1.165, 1.54) is 30.6 Å². The van der Waals surface area contributed by atoms with Crippen LogP contribution in [0.2, 0.25) is 0 Å². The third-order valence-corrected chi connectivity index (χ3v) is 5.87. The van der Waals surface area contributed by atoms with E-state index in [0.29, 0.717) is 0 Å². The highest BCUT2D eigenvalue weighted by molar-refractivity contribution is 5.61. The van der Waals surface area contributed by atoms with Gasteiger partial charge in [0.25, 0.3) is 0 Å². The van der Waals surface area contributed by atoms with E-state index in [2.05, 4.69) is 90.1 Å². The van der Waals surface area contributed by atoms with Gasteiger partial charge in [0.05, 0.1) is 5.69 Å². The Balaban J connectivity index is 1.56. The smallest absolute Gasteiger partial charge is 0.151 e. The first kappa shape index (κ1) is 20.7. The van der Waals surface area contributed by atoms with E-state index in [1.54, 1.807) is 0 Å². The maximum absolute atomic E-state index is 4.52. The average molecular weight is 382 g/mol. The summed E-state index contributed by atoms with van der Waals surface area (Å²) in [6, 6.07) is 10.7. The molecule has 1 aromatic carbocycles. The van der Waals surface area contributed by atoms with E-state index in [4.69, 9.17) is 0 Å². The predicted molar refractivity (Wildman–Crippen MR) is 118 cm³/mol.